The average molecular weight is 588 g/mol. The molecule has 0 aliphatic rings. The van der Waals surface area contributed by atoms with E-state index in [0.717, 1.165) is 5.56 Å². The van der Waals surface area contributed by atoms with Gasteiger partial charge in [0, 0.05) is 11.6 Å². The fourth-order valence-electron chi connectivity index (χ4n) is 3.83. The first-order valence-corrected chi connectivity index (χ1v) is 14.7. The van der Waals surface area contributed by atoms with E-state index in [1.54, 1.807) is 64.1 Å². The van der Waals surface area contributed by atoms with E-state index in [9.17, 15) is 23.1 Å². The molecular weight excluding hydrogens is 554 g/mol. The molecule has 0 aliphatic carbocycles. The van der Waals surface area contributed by atoms with Gasteiger partial charge < -0.3 is 19.5 Å². The van der Waals surface area contributed by atoms with E-state index < -0.39 is 33.6 Å². The van der Waals surface area contributed by atoms with Gasteiger partial charge in [-0.15, -0.1) is 0 Å². The van der Waals surface area contributed by atoms with Crippen LogP contribution in [0, 0.1) is 0 Å². The second kappa shape index (κ2) is 13.3. The molecule has 40 heavy (non-hydrogen) atoms. The van der Waals surface area contributed by atoms with Crippen LogP contribution in [0.4, 0.5) is 4.79 Å². The molecule has 0 aliphatic heterocycles. The minimum Gasteiger partial charge on any atom is -0.462 e. The molecule has 1 amide bonds. The highest BCUT2D eigenvalue weighted by molar-refractivity contribution is 7.91. The van der Waals surface area contributed by atoms with Gasteiger partial charge in [0.2, 0.25) is 9.84 Å². The van der Waals surface area contributed by atoms with Crippen LogP contribution < -0.4 is 0 Å². The summed E-state index contributed by atoms with van der Waals surface area (Å²) in [6, 6.07) is 18.8. The number of amides is 1. The van der Waals surface area contributed by atoms with Crippen molar-refractivity contribution in [2.75, 3.05) is 19.7 Å². The summed E-state index contributed by atoms with van der Waals surface area (Å²) in [6.07, 6.45) is -1.15. The molecule has 0 bridgehead atoms. The van der Waals surface area contributed by atoms with Gasteiger partial charge in [-0.25, -0.2) is 18.0 Å². The van der Waals surface area contributed by atoms with Crippen LogP contribution >= 0.6 is 11.6 Å². The molecule has 0 heterocycles. The Kier molecular flexibility index (Phi) is 10.4. The van der Waals surface area contributed by atoms with Gasteiger partial charge >= 0.3 is 12.1 Å². The van der Waals surface area contributed by atoms with E-state index in [0.29, 0.717) is 17.0 Å². The lowest BCUT2D eigenvalue weighted by atomic mass is 10.1. The third kappa shape index (κ3) is 8.55. The van der Waals surface area contributed by atoms with Gasteiger partial charge in [0.15, 0.2) is 0 Å². The summed E-state index contributed by atoms with van der Waals surface area (Å²) in [7, 11) is -3.81. The van der Waals surface area contributed by atoms with Crippen LogP contribution in [0.3, 0.4) is 0 Å². The zero-order valence-electron chi connectivity index (χ0n) is 23.0. The minimum absolute atomic E-state index is 0.0104. The molecule has 8 nitrogen and oxygen atoms in total. The number of aliphatic hydroxyl groups is 1. The quantitative estimate of drug-likeness (QED) is 0.296. The number of carbonyl (C=O) groups excluding carboxylic acids is 2. The molecule has 0 radical (unpaired) electrons. The highest BCUT2D eigenvalue weighted by Gasteiger charge is 2.25. The number of carbonyl (C=O) groups is 2. The number of hydrogen-bond acceptors (Lipinski definition) is 7. The lowest BCUT2D eigenvalue weighted by Crippen LogP contribution is -2.40. The van der Waals surface area contributed by atoms with Crippen molar-refractivity contribution in [1.29, 1.82) is 0 Å². The number of halogens is 1. The van der Waals surface area contributed by atoms with E-state index in [1.165, 1.54) is 41.3 Å². The molecule has 0 saturated carbocycles. The third-order valence-corrected chi connectivity index (χ3v) is 7.88. The van der Waals surface area contributed by atoms with Crippen LogP contribution in [0.25, 0.3) is 0 Å². The van der Waals surface area contributed by atoms with Crippen molar-refractivity contribution in [3.8, 4) is 0 Å². The number of ether oxygens (including phenoxy) is 2. The van der Waals surface area contributed by atoms with Crippen LogP contribution in [0.5, 0.6) is 0 Å². The van der Waals surface area contributed by atoms with Crippen molar-refractivity contribution < 1.29 is 32.6 Å². The van der Waals surface area contributed by atoms with Crippen molar-refractivity contribution in [2.45, 2.75) is 55.6 Å². The Morgan fingerprint density at radius 1 is 0.975 bits per heavy atom. The fourth-order valence-corrected chi connectivity index (χ4v) is 5.29. The zero-order chi connectivity index (χ0) is 29.5. The van der Waals surface area contributed by atoms with E-state index >= 15 is 0 Å². The smallest absolute Gasteiger partial charge is 0.410 e. The molecule has 0 fully saturated rings. The number of sulfone groups is 1. The molecule has 3 aromatic carbocycles. The van der Waals surface area contributed by atoms with Crippen LogP contribution in [0.1, 0.15) is 55.3 Å². The van der Waals surface area contributed by atoms with Crippen LogP contribution in [0.2, 0.25) is 5.02 Å². The molecular formula is C30H34ClNO7S. The summed E-state index contributed by atoms with van der Waals surface area (Å²) < 4.78 is 36.7. The second-order valence-electron chi connectivity index (χ2n) is 10.1. The number of benzene rings is 3. The Hall–Kier alpha value is -3.40. The molecule has 1 N–H and O–H groups in total. The number of aliphatic hydroxyl groups excluding tert-OH is 1. The Bertz CT molecular complexity index is 1420. The lowest BCUT2D eigenvalue weighted by molar-refractivity contribution is 0.0147. The van der Waals surface area contributed by atoms with Gasteiger partial charge in [-0.05, 0) is 93.8 Å². The summed E-state index contributed by atoms with van der Waals surface area (Å²) in [5.41, 5.74) is 0.917. The summed E-state index contributed by atoms with van der Waals surface area (Å²) in [6.45, 7) is 7.43. The van der Waals surface area contributed by atoms with E-state index in [1.807, 2.05) is 0 Å². The Morgan fingerprint density at radius 3 is 2.12 bits per heavy atom. The molecule has 1 atom stereocenters. The highest BCUT2D eigenvalue weighted by atomic mass is 35.5. The maximum atomic E-state index is 13.1. The number of hydrogen-bond donors (Lipinski definition) is 1. The van der Waals surface area contributed by atoms with Crippen molar-refractivity contribution >= 4 is 33.5 Å². The zero-order valence-corrected chi connectivity index (χ0v) is 24.5. The van der Waals surface area contributed by atoms with Gasteiger partial charge in [0.1, 0.15) is 5.60 Å². The topological polar surface area (TPSA) is 110 Å². The molecule has 10 heteroatoms. The molecule has 0 spiro atoms. The van der Waals surface area contributed by atoms with Crippen LogP contribution in [0.15, 0.2) is 82.6 Å². The predicted molar refractivity (Wildman–Crippen MR) is 152 cm³/mol. The van der Waals surface area contributed by atoms with Gasteiger partial charge in [0.25, 0.3) is 0 Å². The summed E-state index contributed by atoms with van der Waals surface area (Å²) >= 11 is 6.05. The number of rotatable bonds is 10. The van der Waals surface area contributed by atoms with Crippen molar-refractivity contribution in [3.05, 3.63) is 94.5 Å². The highest BCUT2D eigenvalue weighted by Crippen LogP contribution is 2.23. The Balaban J connectivity index is 1.72. The van der Waals surface area contributed by atoms with Crippen molar-refractivity contribution in [2.24, 2.45) is 0 Å². The monoisotopic (exact) mass is 587 g/mol. The maximum absolute atomic E-state index is 13.1. The van der Waals surface area contributed by atoms with Gasteiger partial charge in [-0.2, -0.15) is 0 Å². The molecule has 0 aromatic heterocycles. The van der Waals surface area contributed by atoms with Crippen LogP contribution in [-0.2, 0) is 25.7 Å². The summed E-state index contributed by atoms with van der Waals surface area (Å²) in [5.74, 6) is -0.517. The average Bonchev–Trinajstić information content (AvgIpc) is 2.90. The molecule has 0 saturated heterocycles. The Morgan fingerprint density at radius 2 is 1.57 bits per heavy atom. The second-order valence-corrected chi connectivity index (χ2v) is 12.5. The number of nitrogens with zero attached hydrogens (tertiary/aromatic N) is 1. The van der Waals surface area contributed by atoms with E-state index in [2.05, 4.69) is 0 Å². The fraction of sp³-hybridized carbons (Fsp3) is 0.333. The standard InChI is InChI=1S/C30H34ClNO7S/c1-5-38-28(34)22-11-15-26(16-12-22)40(36,37)25-13-9-21(10-14-25)17-18-32(29(35)39-30(2,3)4)20-27(33)23-7-6-8-24(31)19-23/h6-16,19,27,33H,5,17-18,20H2,1-4H3. The maximum Gasteiger partial charge on any atom is 0.410 e. The first-order valence-electron chi connectivity index (χ1n) is 12.8. The van der Waals surface area contributed by atoms with E-state index in [-0.39, 0.29) is 35.1 Å². The van der Waals surface area contributed by atoms with Gasteiger partial charge in [-0.3, -0.25) is 0 Å². The lowest BCUT2D eigenvalue weighted by Gasteiger charge is -2.29. The molecule has 3 aromatic rings. The first-order chi connectivity index (χ1) is 18.8. The van der Waals surface area contributed by atoms with Crippen molar-refractivity contribution in [1.82, 2.24) is 4.90 Å². The largest absolute Gasteiger partial charge is 0.462 e. The van der Waals surface area contributed by atoms with Gasteiger partial charge in [-0.1, -0.05) is 35.9 Å². The third-order valence-electron chi connectivity index (χ3n) is 5.86. The summed E-state index contributed by atoms with van der Waals surface area (Å²) in [4.78, 5) is 26.3. The first kappa shape index (κ1) is 31.1. The van der Waals surface area contributed by atoms with Gasteiger partial charge in [0.05, 0.1) is 34.6 Å². The van der Waals surface area contributed by atoms with E-state index in [4.69, 9.17) is 21.1 Å². The minimum atomic E-state index is -3.81. The number of esters is 1. The molecule has 1 unspecified atom stereocenters. The normalized spacial score (nSPS) is 12.4. The molecule has 3 rings (SSSR count). The Labute approximate surface area is 240 Å². The predicted octanol–water partition coefficient (Wildman–Crippen LogP) is 5.86. The molecule has 214 valence electrons. The van der Waals surface area contributed by atoms with Crippen LogP contribution in [-0.4, -0.2) is 55.8 Å². The summed E-state index contributed by atoms with van der Waals surface area (Å²) in [5, 5.41) is 11.2. The van der Waals surface area contributed by atoms with Crippen molar-refractivity contribution in [3.63, 3.8) is 0 Å². The SMILES string of the molecule is CCOC(=O)c1ccc(S(=O)(=O)c2ccc(CCN(CC(O)c3cccc(Cl)c3)C(=O)OC(C)(C)C)cc2)cc1.